The molecular weight excluding hydrogens is 496 g/mol. The lowest BCUT2D eigenvalue weighted by Gasteiger charge is -2.39. The average Bonchev–Trinajstić information content (AvgIpc) is 2.86. The molecule has 1 aliphatic rings. The zero-order chi connectivity index (χ0) is 28.2. The number of carbonyl (C=O) groups is 2. The topological polar surface area (TPSA) is 109 Å². The Labute approximate surface area is 229 Å². The van der Waals surface area contributed by atoms with Gasteiger partial charge < -0.3 is 14.4 Å². The summed E-state index contributed by atoms with van der Waals surface area (Å²) in [4.78, 5) is 38.5. The number of hydrogen-bond donors (Lipinski definition) is 2. The normalized spacial score (nSPS) is 14.8. The first-order chi connectivity index (χ1) is 18.4. The second-order valence-corrected chi connectivity index (χ2v) is 11.5. The highest BCUT2D eigenvalue weighted by molar-refractivity contribution is 5.86. The molecule has 0 spiro atoms. The van der Waals surface area contributed by atoms with E-state index in [4.69, 9.17) is 14.5 Å². The van der Waals surface area contributed by atoms with Gasteiger partial charge in [-0.05, 0) is 64.4 Å². The van der Waals surface area contributed by atoms with Gasteiger partial charge in [0.1, 0.15) is 11.2 Å². The van der Waals surface area contributed by atoms with Gasteiger partial charge in [0.25, 0.3) is 0 Å². The minimum absolute atomic E-state index is 0.541. The molecule has 2 aromatic carbocycles. The van der Waals surface area contributed by atoms with E-state index >= 15 is 0 Å². The highest BCUT2D eigenvalue weighted by Crippen LogP contribution is 2.24. The number of aromatic nitrogens is 2. The first kappa shape index (κ1) is 28.1. The molecule has 10 heteroatoms. The Hall–Kier alpha value is -3.92. The number of amides is 2. The van der Waals surface area contributed by atoms with Crippen molar-refractivity contribution in [2.45, 2.75) is 59.0 Å². The van der Waals surface area contributed by atoms with Crippen LogP contribution in [0.1, 0.15) is 41.5 Å². The fourth-order valence-electron chi connectivity index (χ4n) is 4.25. The van der Waals surface area contributed by atoms with Gasteiger partial charge in [-0.25, -0.2) is 19.6 Å². The molecular formula is C29H38N6O4. The van der Waals surface area contributed by atoms with E-state index in [-0.39, 0.29) is 0 Å². The Balaban J connectivity index is 1.44. The van der Waals surface area contributed by atoms with Crippen LogP contribution in [0.4, 0.5) is 15.5 Å². The van der Waals surface area contributed by atoms with Crippen molar-refractivity contribution in [1.82, 2.24) is 25.5 Å². The smallest absolute Gasteiger partial charge is 0.410 e. The molecule has 10 nitrogen and oxygen atoms in total. The zero-order valence-electron chi connectivity index (χ0n) is 23.5. The quantitative estimate of drug-likeness (QED) is 0.452. The summed E-state index contributed by atoms with van der Waals surface area (Å²) in [5.74, 6) is 0.636. The van der Waals surface area contributed by atoms with Gasteiger partial charge in [0, 0.05) is 37.9 Å². The van der Waals surface area contributed by atoms with E-state index in [0.29, 0.717) is 32.1 Å². The van der Waals surface area contributed by atoms with Crippen LogP contribution in [0.5, 0.6) is 0 Å². The van der Waals surface area contributed by atoms with Gasteiger partial charge in [-0.3, -0.25) is 15.5 Å². The third-order valence-electron chi connectivity index (χ3n) is 5.96. The van der Waals surface area contributed by atoms with Crippen molar-refractivity contribution < 1.29 is 19.1 Å². The molecule has 1 aromatic heterocycles. The van der Waals surface area contributed by atoms with Gasteiger partial charge in [-0.15, -0.1) is 0 Å². The van der Waals surface area contributed by atoms with E-state index in [2.05, 4.69) is 50.8 Å². The van der Waals surface area contributed by atoms with E-state index in [1.807, 2.05) is 23.1 Å². The van der Waals surface area contributed by atoms with Gasteiger partial charge >= 0.3 is 12.2 Å². The fraction of sp³-hybridized carbons (Fsp3) is 0.448. The molecule has 1 saturated heterocycles. The van der Waals surface area contributed by atoms with Crippen molar-refractivity contribution >= 4 is 28.9 Å². The van der Waals surface area contributed by atoms with Gasteiger partial charge in [0.15, 0.2) is 6.29 Å². The number of rotatable bonds is 5. The summed E-state index contributed by atoms with van der Waals surface area (Å²) >= 11 is 0. The third-order valence-corrected chi connectivity index (χ3v) is 5.96. The van der Waals surface area contributed by atoms with Crippen molar-refractivity contribution in [1.29, 1.82) is 0 Å². The van der Waals surface area contributed by atoms with Crippen molar-refractivity contribution in [3.8, 4) is 11.3 Å². The summed E-state index contributed by atoms with van der Waals surface area (Å²) in [6.07, 6.45) is -0.285. The number of piperazine rings is 1. The minimum atomic E-state index is -0.804. The van der Waals surface area contributed by atoms with Crippen LogP contribution in [0.2, 0.25) is 0 Å². The van der Waals surface area contributed by atoms with Crippen molar-refractivity contribution in [2.75, 3.05) is 31.1 Å². The Morgan fingerprint density at radius 3 is 2.00 bits per heavy atom. The van der Waals surface area contributed by atoms with E-state index in [1.54, 1.807) is 47.7 Å². The molecule has 4 rings (SSSR count). The Bertz CT molecular complexity index is 1280. The third kappa shape index (κ3) is 8.03. The van der Waals surface area contributed by atoms with Gasteiger partial charge in [-0.2, -0.15) is 0 Å². The van der Waals surface area contributed by atoms with E-state index in [9.17, 15) is 9.59 Å². The standard InChI is InChI=1S/C29H38N6O4/c1-28(2,3)38-26(36)32-25(33-27(37)39-29(4,5)6)35-17-15-34(16-18-35)24-30-14-13-23(31-24)22-12-11-20-9-7-8-10-21(20)19-22/h7-14,19,25H,15-18H2,1-6H3,(H,32,36)(H,33,37). The van der Waals surface area contributed by atoms with Crippen LogP contribution in [0, 0.1) is 0 Å². The van der Waals surface area contributed by atoms with Crippen molar-refractivity contribution in [3.05, 3.63) is 54.7 Å². The number of nitrogens with one attached hydrogen (secondary N) is 2. The predicted octanol–water partition coefficient (Wildman–Crippen LogP) is 4.75. The molecule has 0 bridgehead atoms. The lowest BCUT2D eigenvalue weighted by atomic mass is 10.1. The van der Waals surface area contributed by atoms with E-state index < -0.39 is 29.7 Å². The molecule has 0 atom stereocenters. The lowest BCUT2D eigenvalue weighted by molar-refractivity contribution is 0.0250. The van der Waals surface area contributed by atoms with E-state index in [1.165, 1.54) is 5.39 Å². The Morgan fingerprint density at radius 2 is 1.41 bits per heavy atom. The monoisotopic (exact) mass is 534 g/mol. The minimum Gasteiger partial charge on any atom is -0.444 e. The summed E-state index contributed by atoms with van der Waals surface area (Å²) in [5, 5.41) is 7.86. The number of alkyl carbamates (subject to hydrolysis) is 2. The van der Waals surface area contributed by atoms with Crippen LogP contribution >= 0.6 is 0 Å². The summed E-state index contributed by atoms with van der Waals surface area (Å²) in [6, 6.07) is 16.5. The number of hydrogen-bond acceptors (Lipinski definition) is 8. The second kappa shape index (κ2) is 11.4. The molecule has 1 aliphatic heterocycles. The highest BCUT2D eigenvalue weighted by Gasteiger charge is 2.30. The predicted molar refractivity (Wildman–Crippen MR) is 151 cm³/mol. The maximum absolute atomic E-state index is 12.5. The SMILES string of the molecule is CC(C)(C)OC(=O)NC(NC(=O)OC(C)(C)C)N1CCN(c2nccc(-c3ccc4ccccc4c3)n2)CC1. The van der Waals surface area contributed by atoms with Crippen LogP contribution in [-0.4, -0.2) is 70.7 Å². The first-order valence-corrected chi connectivity index (χ1v) is 13.2. The van der Waals surface area contributed by atoms with Crippen molar-refractivity contribution in [2.24, 2.45) is 0 Å². The van der Waals surface area contributed by atoms with Crippen molar-refractivity contribution in [3.63, 3.8) is 0 Å². The fourth-order valence-corrected chi connectivity index (χ4v) is 4.25. The first-order valence-electron chi connectivity index (χ1n) is 13.2. The van der Waals surface area contributed by atoms with Crippen LogP contribution in [0.15, 0.2) is 54.7 Å². The summed E-state index contributed by atoms with van der Waals surface area (Å²) < 4.78 is 10.8. The summed E-state index contributed by atoms with van der Waals surface area (Å²) in [5.41, 5.74) is 0.530. The number of ether oxygens (including phenoxy) is 2. The number of nitrogens with zero attached hydrogens (tertiary/aromatic N) is 4. The molecule has 0 radical (unpaired) electrons. The molecule has 2 N–H and O–H groups in total. The maximum Gasteiger partial charge on any atom is 0.410 e. The Morgan fingerprint density at radius 1 is 0.821 bits per heavy atom. The zero-order valence-corrected chi connectivity index (χ0v) is 23.5. The molecule has 0 aliphatic carbocycles. The second-order valence-electron chi connectivity index (χ2n) is 11.5. The molecule has 1 fully saturated rings. The molecule has 0 saturated carbocycles. The molecule has 2 amide bonds. The molecule has 39 heavy (non-hydrogen) atoms. The number of carbonyl (C=O) groups excluding carboxylic acids is 2. The number of anilines is 1. The van der Waals surface area contributed by atoms with E-state index in [0.717, 1.165) is 16.6 Å². The van der Waals surface area contributed by atoms with Gasteiger partial charge in [0.05, 0.1) is 5.69 Å². The van der Waals surface area contributed by atoms with Crippen LogP contribution in [-0.2, 0) is 9.47 Å². The maximum atomic E-state index is 12.5. The largest absolute Gasteiger partial charge is 0.444 e. The summed E-state index contributed by atoms with van der Waals surface area (Å²) in [7, 11) is 0. The Kier molecular flexibility index (Phi) is 8.25. The van der Waals surface area contributed by atoms with Crippen LogP contribution < -0.4 is 15.5 Å². The van der Waals surface area contributed by atoms with Crippen LogP contribution in [0.3, 0.4) is 0 Å². The van der Waals surface area contributed by atoms with Crippen LogP contribution in [0.25, 0.3) is 22.0 Å². The number of benzene rings is 2. The molecule has 3 aromatic rings. The van der Waals surface area contributed by atoms with Gasteiger partial charge in [-0.1, -0.05) is 36.4 Å². The molecule has 208 valence electrons. The lowest BCUT2D eigenvalue weighted by Crippen LogP contribution is -2.63. The highest BCUT2D eigenvalue weighted by atomic mass is 16.6. The summed E-state index contributed by atoms with van der Waals surface area (Å²) in [6.45, 7) is 13.0. The molecule has 2 heterocycles. The number of fused-ring (bicyclic) bond motifs is 1. The van der Waals surface area contributed by atoms with Gasteiger partial charge in [0.2, 0.25) is 5.95 Å². The average molecular weight is 535 g/mol. The molecule has 0 unspecified atom stereocenters.